The van der Waals surface area contributed by atoms with Crippen molar-refractivity contribution in [3.8, 4) is 0 Å². The average Bonchev–Trinajstić information content (AvgIpc) is 3.05. The van der Waals surface area contributed by atoms with Crippen LogP contribution in [0.2, 0.25) is 10.0 Å². The molecule has 1 amide bonds. The van der Waals surface area contributed by atoms with Gasteiger partial charge in [-0.2, -0.15) is 0 Å². The van der Waals surface area contributed by atoms with Crippen LogP contribution >= 0.6 is 23.2 Å². The number of nitrogens with zero attached hydrogens (tertiary/aromatic N) is 2. The molecule has 1 aromatic carbocycles. The SMILES string of the molecule is CC(C)[C@H](NC(=O)OC(C)(C)C)c1nnc(S(=O)(=O)Cc2c(Cl)cccc2Cl)o1. The highest BCUT2D eigenvalue weighted by Gasteiger charge is 2.30. The molecule has 1 aromatic heterocycles. The largest absolute Gasteiger partial charge is 0.444 e. The van der Waals surface area contributed by atoms with Crippen LogP contribution in [0.15, 0.2) is 27.8 Å². The third-order valence-corrected chi connectivity index (χ3v) is 5.76. The Morgan fingerprint density at radius 2 is 1.79 bits per heavy atom. The minimum absolute atomic E-state index is 0.0466. The highest BCUT2D eigenvalue weighted by molar-refractivity contribution is 7.90. The Morgan fingerprint density at radius 1 is 1.21 bits per heavy atom. The highest BCUT2D eigenvalue weighted by atomic mass is 35.5. The van der Waals surface area contributed by atoms with E-state index in [9.17, 15) is 13.2 Å². The maximum absolute atomic E-state index is 12.7. The summed E-state index contributed by atoms with van der Waals surface area (Å²) in [6.45, 7) is 8.81. The summed E-state index contributed by atoms with van der Waals surface area (Å²) in [5.41, 5.74) is -0.453. The molecule has 0 aliphatic carbocycles. The zero-order valence-electron chi connectivity index (χ0n) is 16.7. The van der Waals surface area contributed by atoms with Gasteiger partial charge in [0.05, 0.1) is 5.75 Å². The van der Waals surface area contributed by atoms with Crippen molar-refractivity contribution in [2.75, 3.05) is 0 Å². The molecule has 0 aliphatic rings. The molecule has 1 atom stereocenters. The molecule has 29 heavy (non-hydrogen) atoms. The van der Waals surface area contributed by atoms with Crippen LogP contribution in [0.3, 0.4) is 0 Å². The van der Waals surface area contributed by atoms with Gasteiger partial charge in [0.1, 0.15) is 11.6 Å². The standard InChI is InChI=1S/C18H23Cl2N3O5S/c1-10(2)14(21-16(24)28-18(3,4)5)15-22-23-17(27-15)29(25,26)9-11-12(19)7-6-8-13(11)20/h6-8,10,14H,9H2,1-5H3,(H,21,24)/t14-/m0/s1. The second kappa shape index (κ2) is 8.89. The number of hydrogen-bond donors (Lipinski definition) is 1. The Bertz CT molecular complexity index is 963. The van der Waals surface area contributed by atoms with Gasteiger partial charge in [0, 0.05) is 15.6 Å². The van der Waals surface area contributed by atoms with Crippen molar-refractivity contribution < 1.29 is 22.4 Å². The van der Waals surface area contributed by atoms with Gasteiger partial charge in [-0.1, -0.05) is 48.2 Å². The molecule has 0 aliphatic heterocycles. The van der Waals surface area contributed by atoms with Crippen molar-refractivity contribution in [1.29, 1.82) is 0 Å². The first-order valence-corrected chi connectivity index (χ1v) is 11.2. The van der Waals surface area contributed by atoms with Crippen LogP contribution < -0.4 is 5.32 Å². The van der Waals surface area contributed by atoms with E-state index in [2.05, 4.69) is 15.5 Å². The van der Waals surface area contributed by atoms with E-state index in [1.165, 1.54) is 12.1 Å². The van der Waals surface area contributed by atoms with Gasteiger partial charge in [0.2, 0.25) is 15.7 Å². The molecule has 2 aromatic rings. The summed E-state index contributed by atoms with van der Waals surface area (Å²) in [4.78, 5) is 12.1. The number of carbonyl (C=O) groups is 1. The fourth-order valence-electron chi connectivity index (χ4n) is 2.34. The summed E-state index contributed by atoms with van der Waals surface area (Å²) < 4.78 is 36.0. The van der Waals surface area contributed by atoms with Crippen LogP contribution in [-0.4, -0.2) is 30.3 Å². The number of benzene rings is 1. The molecule has 0 fully saturated rings. The highest BCUT2D eigenvalue weighted by Crippen LogP contribution is 2.29. The quantitative estimate of drug-likeness (QED) is 0.667. The zero-order chi connectivity index (χ0) is 22.0. The fraction of sp³-hybridized carbons (Fsp3) is 0.500. The first kappa shape index (κ1) is 23.4. The summed E-state index contributed by atoms with van der Waals surface area (Å²) in [5.74, 6) is -0.717. The number of amides is 1. The number of nitrogens with one attached hydrogen (secondary N) is 1. The smallest absolute Gasteiger partial charge is 0.408 e. The molecule has 1 N–H and O–H groups in total. The van der Waals surface area contributed by atoms with E-state index in [4.69, 9.17) is 32.4 Å². The lowest BCUT2D eigenvalue weighted by molar-refractivity contribution is 0.0477. The summed E-state index contributed by atoms with van der Waals surface area (Å²) in [6.07, 6.45) is -0.679. The van der Waals surface area contributed by atoms with Crippen LogP contribution in [0, 0.1) is 5.92 Å². The number of carbonyl (C=O) groups excluding carboxylic acids is 1. The Kier molecular flexibility index (Phi) is 7.19. The Balaban J connectivity index is 2.25. The lowest BCUT2D eigenvalue weighted by Gasteiger charge is -2.23. The molecular weight excluding hydrogens is 441 g/mol. The minimum Gasteiger partial charge on any atom is -0.444 e. The van der Waals surface area contributed by atoms with Crippen molar-refractivity contribution in [3.63, 3.8) is 0 Å². The van der Waals surface area contributed by atoms with E-state index >= 15 is 0 Å². The van der Waals surface area contributed by atoms with Crippen LogP contribution in [0.1, 0.15) is 52.1 Å². The molecular formula is C18H23Cl2N3O5S. The van der Waals surface area contributed by atoms with E-state index < -0.39 is 38.5 Å². The summed E-state index contributed by atoms with van der Waals surface area (Å²) in [7, 11) is -4.01. The molecule has 0 radical (unpaired) electrons. The predicted octanol–water partition coefficient (Wildman–Crippen LogP) is 4.57. The van der Waals surface area contributed by atoms with E-state index in [0.717, 1.165) is 0 Å². The van der Waals surface area contributed by atoms with Crippen LogP contribution in [0.4, 0.5) is 4.79 Å². The maximum atomic E-state index is 12.7. The fourth-order valence-corrected chi connectivity index (χ4v) is 4.22. The van der Waals surface area contributed by atoms with Gasteiger partial charge in [0.25, 0.3) is 0 Å². The molecule has 1 heterocycles. The number of rotatable bonds is 6. The molecule has 0 bridgehead atoms. The Hall–Kier alpha value is -1.84. The minimum atomic E-state index is -4.01. The van der Waals surface area contributed by atoms with Gasteiger partial charge in [0.15, 0.2) is 0 Å². The second-order valence-electron chi connectivity index (χ2n) is 7.73. The number of ether oxygens (including phenoxy) is 1. The van der Waals surface area contributed by atoms with Crippen LogP contribution in [0.25, 0.3) is 0 Å². The number of alkyl carbamates (subject to hydrolysis) is 1. The second-order valence-corrected chi connectivity index (χ2v) is 10.4. The van der Waals surface area contributed by atoms with E-state index in [-0.39, 0.29) is 27.4 Å². The topological polar surface area (TPSA) is 111 Å². The molecule has 11 heteroatoms. The predicted molar refractivity (Wildman–Crippen MR) is 109 cm³/mol. The summed E-state index contributed by atoms with van der Waals surface area (Å²) in [6, 6.07) is 3.96. The van der Waals surface area contributed by atoms with Gasteiger partial charge < -0.3 is 14.5 Å². The average molecular weight is 464 g/mol. The molecule has 160 valence electrons. The number of sulfone groups is 1. The van der Waals surface area contributed by atoms with Crippen LogP contribution in [0.5, 0.6) is 0 Å². The van der Waals surface area contributed by atoms with Crippen molar-refractivity contribution in [1.82, 2.24) is 15.5 Å². The van der Waals surface area contributed by atoms with Gasteiger partial charge in [-0.15, -0.1) is 5.10 Å². The molecule has 2 rings (SSSR count). The van der Waals surface area contributed by atoms with Crippen molar-refractivity contribution >= 4 is 39.1 Å². The monoisotopic (exact) mass is 463 g/mol. The molecule has 0 unspecified atom stereocenters. The normalized spacial score (nSPS) is 13.4. The molecule has 0 saturated carbocycles. The number of halogens is 2. The number of aromatic nitrogens is 2. The van der Waals surface area contributed by atoms with E-state index in [1.54, 1.807) is 26.8 Å². The van der Waals surface area contributed by atoms with Gasteiger partial charge in [-0.3, -0.25) is 0 Å². The first-order valence-electron chi connectivity index (χ1n) is 8.78. The van der Waals surface area contributed by atoms with E-state index in [0.29, 0.717) is 0 Å². The van der Waals surface area contributed by atoms with Crippen molar-refractivity contribution in [2.24, 2.45) is 5.92 Å². The lowest BCUT2D eigenvalue weighted by atomic mass is 10.1. The van der Waals surface area contributed by atoms with Gasteiger partial charge >= 0.3 is 11.3 Å². The summed E-state index contributed by atoms with van der Waals surface area (Å²) in [5, 5.41) is 9.93. The maximum Gasteiger partial charge on any atom is 0.408 e. The van der Waals surface area contributed by atoms with Crippen LogP contribution in [-0.2, 0) is 20.3 Å². The molecule has 8 nitrogen and oxygen atoms in total. The third kappa shape index (κ3) is 6.32. The van der Waals surface area contributed by atoms with Gasteiger partial charge in [-0.25, -0.2) is 13.2 Å². The Labute approximate surface area is 179 Å². The van der Waals surface area contributed by atoms with Gasteiger partial charge in [-0.05, 0) is 38.8 Å². The lowest BCUT2D eigenvalue weighted by Crippen LogP contribution is -2.37. The van der Waals surface area contributed by atoms with Crippen molar-refractivity contribution in [2.45, 2.75) is 57.2 Å². The third-order valence-electron chi connectivity index (χ3n) is 3.69. The Morgan fingerprint density at radius 3 is 2.31 bits per heavy atom. The van der Waals surface area contributed by atoms with E-state index in [1.807, 2.05) is 13.8 Å². The summed E-state index contributed by atoms with van der Waals surface area (Å²) >= 11 is 12.1. The van der Waals surface area contributed by atoms with Crippen molar-refractivity contribution in [3.05, 3.63) is 39.7 Å². The zero-order valence-corrected chi connectivity index (χ0v) is 19.0. The number of hydrogen-bond acceptors (Lipinski definition) is 7. The molecule has 0 saturated heterocycles. The molecule has 0 spiro atoms. The first-order chi connectivity index (χ1) is 13.3.